The maximum absolute atomic E-state index is 12.7. The molecule has 0 saturated heterocycles. The van der Waals surface area contributed by atoms with Crippen molar-refractivity contribution in [3.8, 4) is 0 Å². The Balaban J connectivity index is 4.41. The summed E-state index contributed by atoms with van der Waals surface area (Å²) in [5.41, 5.74) is 0. The van der Waals surface area contributed by atoms with Crippen molar-refractivity contribution in [2.75, 3.05) is 47.5 Å². The number of allylic oxidation sites excluding steroid dienone is 8. The lowest BCUT2D eigenvalue weighted by Gasteiger charge is -2.28. The molecule has 1 unspecified atom stereocenters. The zero-order chi connectivity index (χ0) is 41.4. The van der Waals surface area contributed by atoms with Crippen LogP contribution in [0.25, 0.3) is 0 Å². The van der Waals surface area contributed by atoms with E-state index in [-0.39, 0.29) is 26.1 Å². The minimum Gasteiger partial charge on any atom is -0.756 e. The lowest BCUT2D eigenvalue weighted by atomic mass is 10.0. The second kappa shape index (κ2) is 38.5. The van der Waals surface area contributed by atoms with Crippen LogP contribution >= 0.6 is 7.82 Å². The maximum atomic E-state index is 12.7. The van der Waals surface area contributed by atoms with Crippen molar-refractivity contribution in [1.82, 2.24) is 0 Å². The fraction of sp³-hybridized carbons (Fsp3) is 0.783. The average Bonchev–Trinajstić information content (AvgIpc) is 3.15. The first kappa shape index (κ1) is 54.0. The van der Waals surface area contributed by atoms with Crippen molar-refractivity contribution >= 4 is 19.8 Å². The van der Waals surface area contributed by atoms with E-state index in [1.165, 1.54) is 83.5 Å². The fourth-order valence-corrected chi connectivity index (χ4v) is 6.55. The van der Waals surface area contributed by atoms with Crippen molar-refractivity contribution < 1.29 is 42.1 Å². The second-order valence-electron chi connectivity index (χ2n) is 16.1. The molecule has 0 spiro atoms. The molecule has 56 heavy (non-hydrogen) atoms. The second-order valence-corrected chi connectivity index (χ2v) is 17.5. The topological polar surface area (TPSA) is 111 Å². The van der Waals surface area contributed by atoms with Crippen molar-refractivity contribution in [1.29, 1.82) is 0 Å². The minimum absolute atomic E-state index is 0.0378. The van der Waals surface area contributed by atoms with Gasteiger partial charge in [0.2, 0.25) is 0 Å². The Morgan fingerprint density at radius 1 is 0.554 bits per heavy atom. The Kier molecular flexibility index (Phi) is 37.1. The highest BCUT2D eigenvalue weighted by Gasteiger charge is 2.21. The Hall–Kier alpha value is -2.03. The van der Waals surface area contributed by atoms with Gasteiger partial charge in [-0.15, -0.1) is 0 Å². The van der Waals surface area contributed by atoms with Crippen molar-refractivity contribution in [2.45, 2.75) is 187 Å². The van der Waals surface area contributed by atoms with E-state index in [2.05, 4.69) is 62.5 Å². The number of rotatable bonds is 40. The Bertz CT molecular complexity index is 1100. The number of carbonyl (C=O) groups excluding carboxylic acids is 2. The molecule has 0 heterocycles. The third-order valence-electron chi connectivity index (χ3n) is 9.33. The monoisotopic (exact) mass is 810 g/mol. The molecule has 9 nitrogen and oxygen atoms in total. The largest absolute Gasteiger partial charge is 0.756 e. The molecule has 0 fully saturated rings. The van der Waals surface area contributed by atoms with Gasteiger partial charge in [0, 0.05) is 12.8 Å². The van der Waals surface area contributed by atoms with E-state index in [1.54, 1.807) is 0 Å². The van der Waals surface area contributed by atoms with Crippen LogP contribution in [-0.4, -0.2) is 70.0 Å². The standard InChI is InChI=1S/C46H84NO8P/c1-6-8-10-12-14-16-18-20-22-23-25-27-29-31-33-35-37-39-46(49)55-44(43-54-56(50,51)53-41-40-47(3,4)5)42-52-45(48)38-36-34-32-30-28-26-24-21-19-17-15-13-11-9-7-2/h10,12,16,18,22-23,27,29,44H,6-9,11,13-15,17,19-21,24-26,28,30-43H2,1-5H3/b12-10+,18-16+,23-22+,29-27+/t44-/m1/s1. The van der Waals surface area contributed by atoms with Gasteiger partial charge >= 0.3 is 11.9 Å². The first-order valence-corrected chi connectivity index (χ1v) is 23.8. The predicted octanol–water partition coefficient (Wildman–Crippen LogP) is 12.1. The average molecular weight is 810 g/mol. The summed E-state index contributed by atoms with van der Waals surface area (Å²) in [5.74, 6) is -0.869. The van der Waals surface area contributed by atoms with E-state index in [9.17, 15) is 19.0 Å². The molecule has 326 valence electrons. The van der Waals surface area contributed by atoms with Crippen molar-refractivity contribution in [3.05, 3.63) is 48.6 Å². The summed E-state index contributed by atoms with van der Waals surface area (Å²) in [7, 11) is 1.14. The molecule has 0 aromatic carbocycles. The van der Waals surface area contributed by atoms with Gasteiger partial charge < -0.3 is 27.9 Å². The van der Waals surface area contributed by atoms with Crippen LogP contribution in [0.3, 0.4) is 0 Å². The Morgan fingerprint density at radius 3 is 1.50 bits per heavy atom. The highest BCUT2D eigenvalue weighted by molar-refractivity contribution is 7.45. The molecule has 0 aliphatic carbocycles. The zero-order valence-electron chi connectivity index (χ0n) is 36.6. The highest BCUT2D eigenvalue weighted by Crippen LogP contribution is 2.38. The van der Waals surface area contributed by atoms with Crippen LogP contribution in [0, 0.1) is 0 Å². The molecule has 0 rings (SSSR count). The van der Waals surface area contributed by atoms with Crippen molar-refractivity contribution in [2.24, 2.45) is 0 Å². The van der Waals surface area contributed by atoms with Gasteiger partial charge in [-0.05, 0) is 51.4 Å². The highest BCUT2D eigenvalue weighted by atomic mass is 31.2. The molecule has 0 aliphatic rings. The number of phosphoric ester groups is 1. The lowest BCUT2D eigenvalue weighted by molar-refractivity contribution is -0.870. The van der Waals surface area contributed by atoms with Gasteiger partial charge in [0.25, 0.3) is 7.82 Å². The molecular formula is C46H84NO8P. The number of hydrogen-bond donors (Lipinski definition) is 0. The van der Waals surface area contributed by atoms with Gasteiger partial charge in [-0.25, -0.2) is 0 Å². The van der Waals surface area contributed by atoms with Crippen LogP contribution in [0.5, 0.6) is 0 Å². The Morgan fingerprint density at radius 2 is 1.00 bits per heavy atom. The number of phosphoric acid groups is 1. The summed E-state index contributed by atoms with van der Waals surface area (Å²) in [6.07, 6.45) is 44.2. The number of likely N-dealkylation sites (N-methyl/N-ethyl adjacent to an activating group) is 1. The van der Waals surface area contributed by atoms with E-state index in [1.807, 2.05) is 21.1 Å². The normalized spacial score (nSPS) is 14.0. The SMILES string of the molecule is CCC/C=C/C/C=C/C/C=C/C/C=C/CCCCCC(=O)O[C@H](COC(=O)CCCCCCCCCCCCCCCCC)COP(=O)([O-])OCC[N+](C)(C)C. The molecule has 0 aromatic heterocycles. The molecule has 10 heteroatoms. The van der Waals surface area contributed by atoms with Gasteiger partial charge in [0.1, 0.15) is 19.8 Å². The number of nitrogens with zero attached hydrogens (tertiary/aromatic N) is 1. The van der Waals surface area contributed by atoms with E-state index < -0.39 is 32.5 Å². The van der Waals surface area contributed by atoms with Crippen LogP contribution in [0.15, 0.2) is 48.6 Å². The molecule has 2 atom stereocenters. The smallest absolute Gasteiger partial charge is 0.306 e. The lowest BCUT2D eigenvalue weighted by Crippen LogP contribution is -2.37. The molecule has 0 bridgehead atoms. The minimum atomic E-state index is -4.63. The summed E-state index contributed by atoms with van der Waals surface area (Å²) in [4.78, 5) is 37.5. The summed E-state index contributed by atoms with van der Waals surface area (Å²) in [6.45, 7) is 4.12. The first-order valence-electron chi connectivity index (χ1n) is 22.3. The number of carbonyl (C=O) groups is 2. The zero-order valence-corrected chi connectivity index (χ0v) is 37.5. The Labute approximate surface area is 343 Å². The fourth-order valence-electron chi connectivity index (χ4n) is 5.82. The number of quaternary nitrogens is 1. The van der Waals surface area contributed by atoms with E-state index >= 15 is 0 Å². The molecule has 0 amide bonds. The van der Waals surface area contributed by atoms with Gasteiger partial charge in [0.15, 0.2) is 6.10 Å². The predicted molar refractivity (Wildman–Crippen MR) is 231 cm³/mol. The van der Waals surface area contributed by atoms with Crippen molar-refractivity contribution in [3.63, 3.8) is 0 Å². The van der Waals surface area contributed by atoms with Crippen LogP contribution in [0.4, 0.5) is 0 Å². The molecule has 0 radical (unpaired) electrons. The number of hydrogen-bond acceptors (Lipinski definition) is 8. The van der Waals surface area contributed by atoms with Crippen LogP contribution in [0.1, 0.15) is 181 Å². The van der Waals surface area contributed by atoms with Crippen LogP contribution < -0.4 is 4.89 Å². The quantitative estimate of drug-likeness (QED) is 0.0198. The third kappa shape index (κ3) is 41.6. The molecule has 0 aromatic rings. The summed E-state index contributed by atoms with van der Waals surface area (Å²) in [5, 5.41) is 0. The third-order valence-corrected chi connectivity index (χ3v) is 10.3. The first-order chi connectivity index (χ1) is 27.0. The molecule has 0 saturated carbocycles. The summed E-state index contributed by atoms with van der Waals surface area (Å²) >= 11 is 0. The number of esters is 2. The van der Waals surface area contributed by atoms with Gasteiger partial charge in [-0.2, -0.15) is 0 Å². The number of ether oxygens (including phenoxy) is 2. The molecule has 0 N–H and O–H groups in total. The van der Waals surface area contributed by atoms with Crippen LogP contribution in [-0.2, 0) is 32.7 Å². The molecule has 0 aliphatic heterocycles. The van der Waals surface area contributed by atoms with E-state index in [4.69, 9.17) is 18.5 Å². The van der Waals surface area contributed by atoms with Crippen LogP contribution in [0.2, 0.25) is 0 Å². The number of unbranched alkanes of at least 4 members (excludes halogenated alkanes) is 18. The van der Waals surface area contributed by atoms with E-state index in [0.717, 1.165) is 64.2 Å². The molecular weight excluding hydrogens is 725 g/mol. The summed E-state index contributed by atoms with van der Waals surface area (Å²) in [6, 6.07) is 0. The van der Waals surface area contributed by atoms with E-state index in [0.29, 0.717) is 17.4 Å². The maximum Gasteiger partial charge on any atom is 0.306 e. The van der Waals surface area contributed by atoms with Gasteiger partial charge in [-0.1, -0.05) is 165 Å². The van der Waals surface area contributed by atoms with Gasteiger partial charge in [-0.3, -0.25) is 14.2 Å². The summed E-state index contributed by atoms with van der Waals surface area (Å²) < 4.78 is 33.9. The van der Waals surface area contributed by atoms with Gasteiger partial charge in [0.05, 0.1) is 27.7 Å².